The Morgan fingerprint density at radius 3 is 2.33 bits per heavy atom. The second kappa shape index (κ2) is 3.97. The van der Waals surface area contributed by atoms with Crippen LogP contribution >= 0.6 is 0 Å². The molecule has 1 nitrogen and oxygen atoms in total. The minimum absolute atomic E-state index is 0.287. The molecule has 1 aliphatic carbocycles. The number of hydrogen-bond acceptors (Lipinski definition) is 1. The summed E-state index contributed by atoms with van der Waals surface area (Å²) >= 11 is 0. The fourth-order valence-corrected chi connectivity index (χ4v) is 2.31. The molecule has 0 bridgehead atoms. The highest BCUT2D eigenvalue weighted by Crippen LogP contribution is 2.40. The van der Waals surface area contributed by atoms with Crippen molar-refractivity contribution in [3.8, 4) is 0 Å². The Bertz CT molecular complexity index is 311. The van der Waals surface area contributed by atoms with E-state index in [1.165, 1.54) is 18.4 Å². The summed E-state index contributed by atoms with van der Waals surface area (Å²) in [7, 11) is 0. The van der Waals surface area contributed by atoms with Gasteiger partial charge in [-0.05, 0) is 45.1 Å². The predicted octanol–water partition coefficient (Wildman–Crippen LogP) is 3.53. The maximum Gasteiger partial charge on any atom is 0.0296 e. The van der Waals surface area contributed by atoms with E-state index in [1.54, 1.807) is 0 Å². The molecular weight excluding hydrogens is 182 g/mol. The van der Waals surface area contributed by atoms with Gasteiger partial charge in [0.25, 0.3) is 0 Å². The van der Waals surface area contributed by atoms with E-state index in [4.69, 9.17) is 0 Å². The van der Waals surface area contributed by atoms with E-state index in [0.717, 1.165) is 5.92 Å². The molecule has 1 atom stereocenters. The van der Waals surface area contributed by atoms with Gasteiger partial charge < -0.3 is 5.32 Å². The lowest BCUT2D eigenvalue weighted by atomic mass is 9.96. The molecule has 1 fully saturated rings. The zero-order valence-corrected chi connectivity index (χ0v) is 9.96. The quantitative estimate of drug-likeness (QED) is 0.789. The van der Waals surface area contributed by atoms with Gasteiger partial charge in [0.1, 0.15) is 0 Å². The smallest absolute Gasteiger partial charge is 0.0296 e. The monoisotopic (exact) mass is 203 g/mol. The van der Waals surface area contributed by atoms with Crippen molar-refractivity contribution in [2.24, 2.45) is 5.92 Å². The van der Waals surface area contributed by atoms with Gasteiger partial charge >= 0.3 is 0 Å². The Morgan fingerprint density at radius 2 is 1.80 bits per heavy atom. The minimum atomic E-state index is 0.287. The summed E-state index contributed by atoms with van der Waals surface area (Å²) in [5, 5.41) is 3.73. The molecule has 82 valence electrons. The Balaban J connectivity index is 2.00. The van der Waals surface area contributed by atoms with Crippen molar-refractivity contribution in [3.05, 3.63) is 35.9 Å². The van der Waals surface area contributed by atoms with E-state index >= 15 is 0 Å². The molecule has 15 heavy (non-hydrogen) atoms. The van der Waals surface area contributed by atoms with Crippen molar-refractivity contribution in [2.75, 3.05) is 0 Å². The molecule has 1 unspecified atom stereocenters. The Morgan fingerprint density at radius 1 is 1.20 bits per heavy atom. The van der Waals surface area contributed by atoms with Crippen LogP contribution in [0.2, 0.25) is 0 Å². The molecule has 1 aromatic rings. The lowest BCUT2D eigenvalue weighted by Gasteiger charge is -2.30. The molecule has 0 radical (unpaired) electrons. The molecule has 0 aliphatic heterocycles. The topological polar surface area (TPSA) is 12.0 Å². The van der Waals surface area contributed by atoms with Crippen LogP contribution < -0.4 is 5.32 Å². The van der Waals surface area contributed by atoms with Crippen molar-refractivity contribution in [3.63, 3.8) is 0 Å². The maximum atomic E-state index is 3.73. The van der Waals surface area contributed by atoms with Crippen molar-refractivity contribution >= 4 is 0 Å². The van der Waals surface area contributed by atoms with E-state index in [1.807, 2.05) is 0 Å². The molecule has 1 heteroatoms. The second-order valence-corrected chi connectivity index (χ2v) is 5.27. The van der Waals surface area contributed by atoms with Gasteiger partial charge in [0, 0.05) is 11.6 Å². The zero-order valence-electron chi connectivity index (χ0n) is 9.96. The van der Waals surface area contributed by atoms with Gasteiger partial charge in [-0.2, -0.15) is 0 Å². The lowest BCUT2D eigenvalue weighted by Crippen LogP contribution is -2.42. The van der Waals surface area contributed by atoms with Crippen molar-refractivity contribution in [1.29, 1.82) is 0 Å². The van der Waals surface area contributed by atoms with Crippen LogP contribution in [0.15, 0.2) is 30.3 Å². The average Bonchev–Trinajstić information content (AvgIpc) is 3.01. The van der Waals surface area contributed by atoms with Gasteiger partial charge in [-0.1, -0.05) is 30.3 Å². The first-order valence-corrected chi connectivity index (χ1v) is 5.92. The molecule has 0 saturated heterocycles. The molecule has 1 aliphatic rings. The number of hydrogen-bond donors (Lipinski definition) is 1. The summed E-state index contributed by atoms with van der Waals surface area (Å²) in [4.78, 5) is 0. The third-order valence-corrected chi connectivity index (χ3v) is 3.49. The van der Waals surface area contributed by atoms with Crippen LogP contribution in [0.4, 0.5) is 0 Å². The van der Waals surface area contributed by atoms with Crippen LogP contribution in [0.3, 0.4) is 0 Å². The molecule has 1 N–H and O–H groups in total. The summed E-state index contributed by atoms with van der Waals surface area (Å²) < 4.78 is 0. The highest BCUT2D eigenvalue weighted by Gasteiger charge is 2.38. The third kappa shape index (κ3) is 2.60. The number of rotatable bonds is 4. The van der Waals surface area contributed by atoms with Crippen LogP contribution in [0.1, 0.15) is 45.2 Å². The standard InChI is InChI=1S/C14H21N/c1-11(12-7-5-4-6-8-12)15-14(2,3)13-9-10-13/h4-8,11,13,15H,9-10H2,1-3H3. The largest absolute Gasteiger partial charge is 0.305 e. The molecule has 1 aromatic carbocycles. The van der Waals surface area contributed by atoms with Crippen LogP contribution in [0.5, 0.6) is 0 Å². The fourth-order valence-electron chi connectivity index (χ4n) is 2.31. The molecular formula is C14H21N. The van der Waals surface area contributed by atoms with Crippen molar-refractivity contribution in [2.45, 2.75) is 45.2 Å². The first-order valence-electron chi connectivity index (χ1n) is 5.92. The number of nitrogens with one attached hydrogen (secondary N) is 1. The van der Waals surface area contributed by atoms with E-state index in [2.05, 4.69) is 56.4 Å². The van der Waals surface area contributed by atoms with Gasteiger partial charge in [-0.3, -0.25) is 0 Å². The van der Waals surface area contributed by atoms with Crippen LogP contribution in [-0.4, -0.2) is 5.54 Å². The van der Waals surface area contributed by atoms with Gasteiger partial charge in [0.2, 0.25) is 0 Å². The second-order valence-electron chi connectivity index (χ2n) is 5.27. The normalized spacial score (nSPS) is 18.9. The van der Waals surface area contributed by atoms with Gasteiger partial charge in [0.05, 0.1) is 0 Å². The summed E-state index contributed by atoms with van der Waals surface area (Å²) in [6.45, 7) is 6.90. The lowest BCUT2D eigenvalue weighted by molar-refractivity contribution is 0.308. The highest BCUT2D eigenvalue weighted by atomic mass is 15.0. The third-order valence-electron chi connectivity index (χ3n) is 3.49. The molecule has 0 amide bonds. The Kier molecular flexibility index (Phi) is 2.83. The van der Waals surface area contributed by atoms with E-state index in [9.17, 15) is 0 Å². The molecule has 0 aromatic heterocycles. The van der Waals surface area contributed by atoms with Crippen LogP contribution in [-0.2, 0) is 0 Å². The summed E-state index contributed by atoms with van der Waals surface area (Å²) in [6.07, 6.45) is 2.78. The fraction of sp³-hybridized carbons (Fsp3) is 0.571. The number of benzene rings is 1. The molecule has 0 heterocycles. The zero-order chi connectivity index (χ0) is 10.9. The summed E-state index contributed by atoms with van der Waals surface area (Å²) in [5.74, 6) is 0.878. The molecule has 2 rings (SSSR count). The Labute approximate surface area is 92.9 Å². The average molecular weight is 203 g/mol. The van der Waals surface area contributed by atoms with Gasteiger partial charge in [0.15, 0.2) is 0 Å². The Hall–Kier alpha value is -0.820. The maximum absolute atomic E-state index is 3.73. The van der Waals surface area contributed by atoms with E-state index in [0.29, 0.717) is 6.04 Å². The summed E-state index contributed by atoms with van der Waals surface area (Å²) in [6, 6.07) is 11.1. The van der Waals surface area contributed by atoms with Crippen molar-refractivity contribution < 1.29 is 0 Å². The first-order chi connectivity index (χ1) is 7.09. The SMILES string of the molecule is CC(NC(C)(C)C1CC1)c1ccccc1. The van der Waals surface area contributed by atoms with E-state index in [-0.39, 0.29) is 5.54 Å². The highest BCUT2D eigenvalue weighted by molar-refractivity contribution is 5.18. The molecule has 1 saturated carbocycles. The molecule has 0 spiro atoms. The van der Waals surface area contributed by atoms with Gasteiger partial charge in [-0.25, -0.2) is 0 Å². The first kappa shape index (κ1) is 10.7. The van der Waals surface area contributed by atoms with Crippen LogP contribution in [0.25, 0.3) is 0 Å². The minimum Gasteiger partial charge on any atom is -0.305 e. The van der Waals surface area contributed by atoms with Crippen LogP contribution in [0, 0.1) is 5.92 Å². The van der Waals surface area contributed by atoms with Gasteiger partial charge in [-0.15, -0.1) is 0 Å². The van der Waals surface area contributed by atoms with E-state index < -0.39 is 0 Å². The predicted molar refractivity (Wildman–Crippen MR) is 64.8 cm³/mol. The van der Waals surface area contributed by atoms with Crippen molar-refractivity contribution in [1.82, 2.24) is 5.32 Å². The summed E-state index contributed by atoms with van der Waals surface area (Å²) in [5.41, 5.74) is 1.67.